The van der Waals surface area contributed by atoms with Crippen LogP contribution in [0.5, 0.6) is 0 Å². The summed E-state index contributed by atoms with van der Waals surface area (Å²) in [7, 11) is 0. The Morgan fingerprint density at radius 3 is 2.73 bits per heavy atom. The molecule has 1 aliphatic heterocycles. The molecule has 0 amide bonds. The number of nitrogens with zero attached hydrogens (tertiary/aromatic N) is 1. The molecular weight excluding hydrogens is 336 g/mol. The Morgan fingerprint density at radius 2 is 1.95 bits per heavy atom. The first-order valence-electron chi connectivity index (χ1n) is 7.49. The molecule has 1 aliphatic carbocycles. The summed E-state index contributed by atoms with van der Waals surface area (Å²) in [5.41, 5.74) is 4.27. The molecule has 0 fully saturated rings. The molecule has 0 saturated carbocycles. The summed E-state index contributed by atoms with van der Waals surface area (Å²) >= 11 is 3.50. The molecule has 2 aromatic rings. The van der Waals surface area contributed by atoms with Crippen molar-refractivity contribution >= 4 is 21.6 Å². The lowest BCUT2D eigenvalue weighted by molar-refractivity contribution is 0.425. The molecule has 3 heteroatoms. The number of allylic oxidation sites excluding steroid dienone is 2. The van der Waals surface area contributed by atoms with E-state index in [9.17, 15) is 5.26 Å². The molecule has 0 spiro atoms. The smallest absolute Gasteiger partial charge is 0.101 e. The van der Waals surface area contributed by atoms with Gasteiger partial charge in [0.2, 0.25) is 0 Å². The lowest BCUT2D eigenvalue weighted by Gasteiger charge is -2.38. The van der Waals surface area contributed by atoms with E-state index in [2.05, 4.69) is 69.8 Å². The van der Waals surface area contributed by atoms with Gasteiger partial charge in [-0.25, -0.2) is 0 Å². The molecule has 0 bridgehead atoms. The Hall–Kier alpha value is -2.05. The summed E-state index contributed by atoms with van der Waals surface area (Å²) in [6.07, 6.45) is 5.66. The minimum Gasteiger partial charge on any atom is -0.377 e. The van der Waals surface area contributed by atoms with Gasteiger partial charge in [-0.15, -0.1) is 0 Å². The highest BCUT2D eigenvalue weighted by molar-refractivity contribution is 9.10. The van der Waals surface area contributed by atoms with Crippen molar-refractivity contribution in [3.63, 3.8) is 0 Å². The van der Waals surface area contributed by atoms with Crippen LogP contribution < -0.4 is 5.32 Å². The fourth-order valence-electron chi connectivity index (χ4n) is 3.71. The zero-order chi connectivity index (χ0) is 15.1. The van der Waals surface area contributed by atoms with Crippen LogP contribution in [0.3, 0.4) is 0 Å². The van der Waals surface area contributed by atoms with Crippen molar-refractivity contribution in [3.8, 4) is 6.07 Å². The molecule has 22 heavy (non-hydrogen) atoms. The predicted octanol–water partition coefficient (Wildman–Crippen LogP) is 5.15. The van der Waals surface area contributed by atoms with Crippen LogP contribution in [-0.2, 0) is 0 Å². The van der Waals surface area contributed by atoms with Gasteiger partial charge >= 0.3 is 0 Å². The van der Waals surface area contributed by atoms with Crippen molar-refractivity contribution in [2.45, 2.75) is 18.4 Å². The first-order chi connectivity index (χ1) is 10.8. The lowest BCUT2D eigenvalue weighted by Crippen LogP contribution is -2.29. The third-order valence-electron chi connectivity index (χ3n) is 4.75. The highest BCUT2D eigenvalue weighted by Gasteiger charge is 2.38. The first kappa shape index (κ1) is 13.6. The second-order valence-corrected chi connectivity index (χ2v) is 6.82. The van der Waals surface area contributed by atoms with Crippen molar-refractivity contribution in [2.24, 2.45) is 5.92 Å². The quantitative estimate of drug-likeness (QED) is 0.722. The van der Waals surface area contributed by atoms with Crippen LogP contribution in [0.15, 0.2) is 59.1 Å². The van der Waals surface area contributed by atoms with E-state index in [1.54, 1.807) is 0 Å². The van der Waals surface area contributed by atoms with Crippen LogP contribution in [0.4, 0.5) is 5.69 Å². The second kappa shape index (κ2) is 5.30. The van der Waals surface area contributed by atoms with Gasteiger partial charge < -0.3 is 5.32 Å². The van der Waals surface area contributed by atoms with Crippen molar-refractivity contribution < 1.29 is 0 Å². The molecule has 108 valence electrons. The van der Waals surface area contributed by atoms with Gasteiger partial charge in [0.1, 0.15) is 6.07 Å². The van der Waals surface area contributed by atoms with Crippen LogP contribution >= 0.6 is 15.9 Å². The number of para-hydroxylation sites is 1. The van der Waals surface area contributed by atoms with Crippen LogP contribution in [-0.4, -0.2) is 0 Å². The summed E-state index contributed by atoms with van der Waals surface area (Å²) < 4.78 is 1.09. The average molecular weight is 351 g/mol. The van der Waals surface area contributed by atoms with Crippen LogP contribution in [0.25, 0.3) is 0 Å². The number of benzene rings is 2. The summed E-state index contributed by atoms with van der Waals surface area (Å²) in [5.74, 6) is 0.917. The van der Waals surface area contributed by atoms with Crippen molar-refractivity contribution in [3.05, 3.63) is 75.8 Å². The summed E-state index contributed by atoms with van der Waals surface area (Å²) in [6.45, 7) is 0. The molecular formula is C19H15BrN2. The molecule has 2 aliphatic rings. The Labute approximate surface area is 138 Å². The molecule has 3 unspecified atom stereocenters. The number of halogens is 1. The Bertz CT molecular complexity index is 786. The summed E-state index contributed by atoms with van der Waals surface area (Å²) in [6, 6.07) is 17.1. The normalized spacial score (nSPS) is 25.0. The van der Waals surface area contributed by atoms with Gasteiger partial charge in [0.15, 0.2) is 0 Å². The van der Waals surface area contributed by atoms with E-state index in [4.69, 9.17) is 0 Å². The van der Waals surface area contributed by atoms with Gasteiger partial charge in [-0.1, -0.05) is 52.3 Å². The minimum atomic E-state index is 0.245. The van der Waals surface area contributed by atoms with E-state index in [1.165, 1.54) is 11.1 Å². The molecule has 2 nitrogen and oxygen atoms in total. The third kappa shape index (κ3) is 2.07. The lowest BCUT2D eigenvalue weighted by atomic mass is 9.76. The molecule has 0 aromatic heterocycles. The molecule has 0 radical (unpaired) electrons. The molecule has 1 N–H and O–H groups in total. The van der Waals surface area contributed by atoms with Crippen molar-refractivity contribution in [1.82, 2.24) is 0 Å². The topological polar surface area (TPSA) is 35.8 Å². The first-order valence-corrected chi connectivity index (χ1v) is 8.29. The molecule has 2 aromatic carbocycles. The number of fused-ring (bicyclic) bond motifs is 3. The average Bonchev–Trinajstić information content (AvgIpc) is 3.04. The van der Waals surface area contributed by atoms with Crippen LogP contribution in [0, 0.1) is 17.2 Å². The minimum absolute atomic E-state index is 0.245. The monoisotopic (exact) mass is 350 g/mol. The second-order valence-electron chi connectivity index (χ2n) is 5.91. The highest BCUT2D eigenvalue weighted by atomic mass is 79.9. The summed E-state index contributed by atoms with van der Waals surface area (Å²) in [5, 5.41) is 13.1. The molecule has 4 rings (SSSR count). The van der Waals surface area contributed by atoms with Gasteiger partial charge in [0.05, 0.1) is 17.3 Å². The van der Waals surface area contributed by atoms with Crippen LogP contribution in [0.1, 0.15) is 35.1 Å². The maximum Gasteiger partial charge on any atom is 0.101 e. The molecule has 3 atom stereocenters. The largest absolute Gasteiger partial charge is 0.377 e. The number of anilines is 1. The number of nitriles is 1. The van der Waals surface area contributed by atoms with E-state index in [-0.39, 0.29) is 6.04 Å². The number of nitrogens with one attached hydrogen (secondary N) is 1. The van der Waals surface area contributed by atoms with Gasteiger partial charge in [0, 0.05) is 10.4 Å². The van der Waals surface area contributed by atoms with E-state index in [0.717, 1.165) is 22.1 Å². The fraction of sp³-hybridized carbons (Fsp3) is 0.211. The standard InChI is InChI=1S/C19H15BrN2/c20-14-9-7-12(8-10-14)18-16-6-2-4-15(16)17-5-1-3-13(11-21)19(17)22-18/h1-5,7-10,15-16,18,22H,6H2. The van der Waals surface area contributed by atoms with Gasteiger partial charge in [-0.05, 0) is 41.7 Å². The number of hydrogen-bond acceptors (Lipinski definition) is 2. The molecule has 1 heterocycles. The van der Waals surface area contributed by atoms with Gasteiger partial charge in [-0.3, -0.25) is 0 Å². The van der Waals surface area contributed by atoms with Gasteiger partial charge in [-0.2, -0.15) is 5.26 Å². The SMILES string of the molecule is N#Cc1cccc2c1NC(c1ccc(Br)cc1)C1CC=CC21. The third-order valence-corrected chi connectivity index (χ3v) is 5.27. The number of hydrogen-bond donors (Lipinski definition) is 1. The summed E-state index contributed by atoms with van der Waals surface area (Å²) in [4.78, 5) is 0. The zero-order valence-corrected chi connectivity index (χ0v) is 13.5. The van der Waals surface area contributed by atoms with Gasteiger partial charge in [0.25, 0.3) is 0 Å². The maximum absolute atomic E-state index is 9.41. The zero-order valence-electron chi connectivity index (χ0n) is 12.0. The van der Waals surface area contributed by atoms with E-state index in [1.807, 2.05) is 12.1 Å². The predicted molar refractivity (Wildman–Crippen MR) is 91.7 cm³/mol. The van der Waals surface area contributed by atoms with Crippen LogP contribution in [0.2, 0.25) is 0 Å². The van der Waals surface area contributed by atoms with E-state index >= 15 is 0 Å². The Morgan fingerprint density at radius 1 is 1.14 bits per heavy atom. The Balaban J connectivity index is 1.83. The van der Waals surface area contributed by atoms with Crippen molar-refractivity contribution in [2.75, 3.05) is 5.32 Å². The Kier molecular flexibility index (Phi) is 3.28. The van der Waals surface area contributed by atoms with E-state index in [0.29, 0.717) is 11.8 Å². The molecule has 0 saturated heterocycles. The maximum atomic E-state index is 9.41. The number of rotatable bonds is 1. The highest BCUT2D eigenvalue weighted by Crippen LogP contribution is 2.50. The van der Waals surface area contributed by atoms with E-state index < -0.39 is 0 Å². The fourth-order valence-corrected chi connectivity index (χ4v) is 3.98. The van der Waals surface area contributed by atoms with Crippen molar-refractivity contribution in [1.29, 1.82) is 5.26 Å².